The van der Waals surface area contributed by atoms with E-state index in [-0.39, 0.29) is 17.9 Å². The van der Waals surface area contributed by atoms with Crippen LogP contribution in [0.25, 0.3) is 0 Å². The summed E-state index contributed by atoms with van der Waals surface area (Å²) in [5, 5.41) is 10.4. The number of anilines is 1. The van der Waals surface area contributed by atoms with E-state index in [0.29, 0.717) is 18.8 Å². The molecule has 152 valence electrons. The minimum Gasteiger partial charge on any atom is -0.367 e. The van der Waals surface area contributed by atoms with Crippen molar-refractivity contribution < 1.29 is 9.18 Å². The van der Waals surface area contributed by atoms with Crippen LogP contribution in [0.15, 0.2) is 24.3 Å². The van der Waals surface area contributed by atoms with Gasteiger partial charge in [-0.2, -0.15) is 5.10 Å². The molecule has 1 atom stereocenters. The van der Waals surface area contributed by atoms with E-state index in [2.05, 4.69) is 15.7 Å². The first-order valence-electron chi connectivity index (χ1n) is 9.99. The molecule has 1 unspecified atom stereocenters. The van der Waals surface area contributed by atoms with Crippen LogP contribution in [0.5, 0.6) is 0 Å². The SMILES string of the molecule is Cc1ccc(F)c(N2CCCC(NC(=O)NCCCn3nc(C)cc3C)C2)c1. The predicted octanol–water partition coefficient (Wildman–Crippen LogP) is 3.31. The molecule has 0 bridgehead atoms. The summed E-state index contributed by atoms with van der Waals surface area (Å²) in [6, 6.07) is 7.06. The largest absolute Gasteiger partial charge is 0.367 e. The quantitative estimate of drug-likeness (QED) is 0.748. The third kappa shape index (κ3) is 5.24. The first-order chi connectivity index (χ1) is 13.4. The summed E-state index contributed by atoms with van der Waals surface area (Å²) in [4.78, 5) is 14.2. The van der Waals surface area contributed by atoms with E-state index < -0.39 is 0 Å². The fraction of sp³-hybridized carbons (Fsp3) is 0.524. The number of benzene rings is 1. The van der Waals surface area contributed by atoms with Crippen molar-refractivity contribution in [2.24, 2.45) is 0 Å². The molecule has 0 radical (unpaired) electrons. The molecular weight excluding hydrogens is 357 g/mol. The second-order valence-electron chi connectivity index (χ2n) is 7.64. The lowest BCUT2D eigenvalue weighted by Crippen LogP contribution is -2.51. The Hall–Kier alpha value is -2.57. The van der Waals surface area contributed by atoms with Crippen LogP contribution in [0.2, 0.25) is 0 Å². The van der Waals surface area contributed by atoms with Crippen LogP contribution >= 0.6 is 0 Å². The highest BCUT2D eigenvalue weighted by Crippen LogP contribution is 2.24. The highest BCUT2D eigenvalue weighted by Gasteiger charge is 2.23. The fourth-order valence-corrected chi connectivity index (χ4v) is 3.75. The molecule has 2 N–H and O–H groups in total. The first-order valence-corrected chi connectivity index (χ1v) is 9.99. The molecule has 28 heavy (non-hydrogen) atoms. The highest BCUT2D eigenvalue weighted by molar-refractivity contribution is 5.74. The van der Waals surface area contributed by atoms with E-state index in [1.54, 1.807) is 6.07 Å². The van der Waals surface area contributed by atoms with Crippen molar-refractivity contribution in [3.8, 4) is 0 Å². The van der Waals surface area contributed by atoms with Crippen LogP contribution in [0, 0.1) is 26.6 Å². The van der Waals surface area contributed by atoms with Crippen LogP contribution in [-0.4, -0.2) is 41.5 Å². The van der Waals surface area contributed by atoms with Crippen molar-refractivity contribution in [2.75, 3.05) is 24.5 Å². The molecule has 1 aliphatic rings. The number of carbonyl (C=O) groups excluding carboxylic acids is 1. The molecule has 6 nitrogen and oxygen atoms in total. The van der Waals surface area contributed by atoms with E-state index in [1.165, 1.54) is 6.07 Å². The number of rotatable bonds is 6. The van der Waals surface area contributed by atoms with Gasteiger partial charge in [-0.25, -0.2) is 9.18 Å². The molecule has 2 heterocycles. The molecule has 2 aromatic rings. The van der Waals surface area contributed by atoms with E-state index in [0.717, 1.165) is 49.3 Å². The molecule has 1 saturated heterocycles. The summed E-state index contributed by atoms with van der Waals surface area (Å²) < 4.78 is 16.1. The Kier molecular flexibility index (Phi) is 6.54. The predicted molar refractivity (Wildman–Crippen MR) is 109 cm³/mol. The second kappa shape index (κ2) is 9.08. The Morgan fingerprint density at radius 3 is 2.86 bits per heavy atom. The Balaban J connectivity index is 1.43. The maximum atomic E-state index is 14.2. The van der Waals surface area contributed by atoms with Crippen LogP contribution in [0.1, 0.15) is 36.2 Å². The van der Waals surface area contributed by atoms with Crippen molar-refractivity contribution >= 4 is 11.7 Å². The van der Waals surface area contributed by atoms with Crippen molar-refractivity contribution in [1.82, 2.24) is 20.4 Å². The molecule has 1 aliphatic heterocycles. The molecule has 1 aromatic carbocycles. The lowest BCUT2D eigenvalue weighted by atomic mass is 10.0. The van der Waals surface area contributed by atoms with Gasteiger partial charge in [-0.15, -0.1) is 0 Å². The molecule has 0 saturated carbocycles. The maximum absolute atomic E-state index is 14.2. The number of piperidine rings is 1. The minimum absolute atomic E-state index is 0.0182. The number of aryl methyl sites for hydroxylation is 4. The maximum Gasteiger partial charge on any atom is 0.315 e. The smallest absolute Gasteiger partial charge is 0.315 e. The van der Waals surface area contributed by atoms with Crippen molar-refractivity contribution in [1.29, 1.82) is 0 Å². The van der Waals surface area contributed by atoms with E-state index in [4.69, 9.17) is 0 Å². The van der Waals surface area contributed by atoms with E-state index in [9.17, 15) is 9.18 Å². The number of hydrogen-bond donors (Lipinski definition) is 2. The highest BCUT2D eigenvalue weighted by atomic mass is 19.1. The zero-order valence-electron chi connectivity index (χ0n) is 17.0. The standard InChI is InChI=1S/C21H30FN5O/c1-15-7-8-19(22)20(12-15)26-10-4-6-18(14-26)24-21(28)23-9-5-11-27-17(3)13-16(2)25-27/h7-8,12-13,18H,4-6,9-11,14H2,1-3H3,(H2,23,24,28). The molecule has 1 aromatic heterocycles. The van der Waals surface area contributed by atoms with Gasteiger partial charge in [-0.1, -0.05) is 6.07 Å². The number of carbonyl (C=O) groups is 1. The van der Waals surface area contributed by atoms with Crippen LogP contribution in [-0.2, 0) is 6.54 Å². The van der Waals surface area contributed by atoms with Crippen LogP contribution in [0.3, 0.4) is 0 Å². The zero-order valence-corrected chi connectivity index (χ0v) is 17.0. The summed E-state index contributed by atoms with van der Waals surface area (Å²) in [5.74, 6) is -0.208. The first kappa shape index (κ1) is 20.2. The summed E-state index contributed by atoms with van der Waals surface area (Å²) in [5.41, 5.74) is 3.80. The zero-order chi connectivity index (χ0) is 20.1. The third-order valence-electron chi connectivity index (χ3n) is 5.13. The molecule has 1 fully saturated rings. The van der Waals surface area contributed by atoms with Gasteiger partial charge in [0.15, 0.2) is 0 Å². The van der Waals surface area contributed by atoms with Gasteiger partial charge in [0.1, 0.15) is 5.82 Å². The van der Waals surface area contributed by atoms with E-state index in [1.807, 2.05) is 42.5 Å². The van der Waals surface area contributed by atoms with Crippen molar-refractivity contribution in [3.63, 3.8) is 0 Å². The Morgan fingerprint density at radius 2 is 2.11 bits per heavy atom. The van der Waals surface area contributed by atoms with Crippen molar-refractivity contribution in [3.05, 3.63) is 47.0 Å². The second-order valence-corrected chi connectivity index (χ2v) is 7.64. The monoisotopic (exact) mass is 387 g/mol. The molecule has 7 heteroatoms. The number of urea groups is 1. The van der Waals surface area contributed by atoms with Crippen LogP contribution < -0.4 is 15.5 Å². The number of hydrogen-bond acceptors (Lipinski definition) is 3. The molecular formula is C21H30FN5O. The third-order valence-corrected chi connectivity index (χ3v) is 5.13. The van der Waals surface area contributed by atoms with Gasteiger partial charge < -0.3 is 15.5 Å². The van der Waals surface area contributed by atoms with Crippen LogP contribution in [0.4, 0.5) is 14.9 Å². The Morgan fingerprint density at radius 1 is 1.29 bits per heavy atom. The average molecular weight is 388 g/mol. The van der Waals surface area contributed by atoms with Gasteiger partial charge >= 0.3 is 6.03 Å². The fourth-order valence-electron chi connectivity index (χ4n) is 3.75. The summed E-state index contributed by atoms with van der Waals surface area (Å²) >= 11 is 0. The number of amides is 2. The van der Waals surface area contributed by atoms with Gasteiger partial charge in [0, 0.05) is 37.9 Å². The lowest BCUT2D eigenvalue weighted by molar-refractivity contribution is 0.234. The Labute approximate surface area is 166 Å². The number of halogens is 1. The topological polar surface area (TPSA) is 62.2 Å². The molecule has 0 spiro atoms. The van der Waals surface area contributed by atoms with Gasteiger partial charge in [0.2, 0.25) is 0 Å². The molecule has 2 amide bonds. The molecule has 3 rings (SSSR count). The van der Waals surface area contributed by atoms with Gasteiger partial charge in [-0.3, -0.25) is 4.68 Å². The molecule has 0 aliphatic carbocycles. The summed E-state index contributed by atoms with van der Waals surface area (Å²) in [7, 11) is 0. The van der Waals surface area contributed by atoms with Crippen molar-refractivity contribution in [2.45, 2.75) is 52.6 Å². The van der Waals surface area contributed by atoms with Gasteiger partial charge in [-0.05, 0) is 63.8 Å². The minimum atomic E-state index is -0.208. The average Bonchev–Trinajstić information content (AvgIpc) is 2.98. The normalized spacial score (nSPS) is 16.9. The van der Waals surface area contributed by atoms with E-state index >= 15 is 0 Å². The number of nitrogens with one attached hydrogen (secondary N) is 2. The summed E-state index contributed by atoms with van der Waals surface area (Å²) in [6.07, 6.45) is 2.65. The number of aromatic nitrogens is 2. The lowest BCUT2D eigenvalue weighted by Gasteiger charge is -2.35. The summed E-state index contributed by atoms with van der Waals surface area (Å²) in [6.45, 7) is 8.78. The Bertz CT molecular complexity index is 819. The van der Waals surface area contributed by atoms with Gasteiger partial charge in [0.25, 0.3) is 0 Å². The van der Waals surface area contributed by atoms with Gasteiger partial charge in [0.05, 0.1) is 11.4 Å². The number of nitrogens with zero attached hydrogens (tertiary/aromatic N) is 3.